The Morgan fingerprint density at radius 3 is 3.08 bits per heavy atom. The molecule has 1 aliphatic rings. The second kappa shape index (κ2) is 6.31. The second-order valence-electron chi connectivity index (χ2n) is 6.46. The van der Waals surface area contributed by atoms with Crippen molar-refractivity contribution in [1.82, 2.24) is 24.6 Å². The number of carbonyl (C=O) groups is 1. The molecular weight excluding hydrogens is 318 g/mol. The molecule has 3 aromatic rings. The van der Waals surface area contributed by atoms with Crippen LogP contribution in [0, 0.1) is 5.92 Å². The second-order valence-corrected chi connectivity index (χ2v) is 6.46. The van der Waals surface area contributed by atoms with Crippen LogP contribution in [0.25, 0.3) is 16.8 Å². The van der Waals surface area contributed by atoms with Gasteiger partial charge in [-0.3, -0.25) is 4.40 Å². The first-order valence-electron chi connectivity index (χ1n) is 8.74. The molecule has 1 saturated carbocycles. The van der Waals surface area contributed by atoms with Gasteiger partial charge in [-0.1, -0.05) is 18.9 Å². The number of aromatic amines is 1. The van der Waals surface area contributed by atoms with Crippen molar-refractivity contribution in [2.24, 2.45) is 5.92 Å². The SMILES string of the molecule is CCOC(=O)C=C1C[C@H](CC)[C@H](c2nnc3cnc4[nH]ccc4n23)C1. The van der Waals surface area contributed by atoms with Crippen LogP contribution in [-0.2, 0) is 9.53 Å². The van der Waals surface area contributed by atoms with Gasteiger partial charge in [-0.15, -0.1) is 10.2 Å². The lowest BCUT2D eigenvalue weighted by Gasteiger charge is -2.15. The van der Waals surface area contributed by atoms with Gasteiger partial charge in [0.2, 0.25) is 0 Å². The van der Waals surface area contributed by atoms with Crippen molar-refractivity contribution in [3.05, 3.63) is 35.9 Å². The molecule has 130 valence electrons. The summed E-state index contributed by atoms with van der Waals surface area (Å²) in [5.74, 6) is 1.37. The zero-order chi connectivity index (χ0) is 17.4. The van der Waals surface area contributed by atoms with Crippen molar-refractivity contribution in [1.29, 1.82) is 0 Å². The number of nitrogens with zero attached hydrogens (tertiary/aromatic N) is 4. The number of rotatable bonds is 4. The van der Waals surface area contributed by atoms with E-state index in [2.05, 4.69) is 31.5 Å². The number of H-pyrrole nitrogens is 1. The molecule has 1 aliphatic carbocycles. The Bertz CT molecular complexity index is 955. The Morgan fingerprint density at radius 2 is 2.28 bits per heavy atom. The van der Waals surface area contributed by atoms with Gasteiger partial charge in [0.15, 0.2) is 11.3 Å². The van der Waals surface area contributed by atoms with Gasteiger partial charge in [0.1, 0.15) is 5.82 Å². The van der Waals surface area contributed by atoms with Crippen LogP contribution in [-0.4, -0.2) is 37.1 Å². The van der Waals surface area contributed by atoms with Crippen molar-refractivity contribution >= 4 is 22.8 Å². The fourth-order valence-electron chi connectivity index (χ4n) is 3.85. The first-order chi connectivity index (χ1) is 12.2. The first-order valence-corrected chi connectivity index (χ1v) is 8.74. The van der Waals surface area contributed by atoms with Crippen molar-refractivity contribution in [2.75, 3.05) is 6.61 Å². The molecule has 3 heterocycles. The van der Waals surface area contributed by atoms with Gasteiger partial charge in [0, 0.05) is 18.2 Å². The highest BCUT2D eigenvalue weighted by Gasteiger charge is 2.34. The van der Waals surface area contributed by atoms with Crippen LogP contribution in [0.4, 0.5) is 0 Å². The van der Waals surface area contributed by atoms with Gasteiger partial charge in [-0.2, -0.15) is 0 Å². The van der Waals surface area contributed by atoms with Crippen LogP contribution in [0.2, 0.25) is 0 Å². The molecule has 3 aromatic heterocycles. The Kier molecular flexibility index (Phi) is 3.99. The molecule has 0 amide bonds. The standard InChI is InChI=1S/C18H21N5O2/c1-3-12-7-11(9-16(24)25-4-2)8-13(12)18-22-21-15-10-20-17-14(23(15)18)5-6-19-17/h5-6,9-10,12-13,19H,3-4,7-8H2,1-2H3/t12-,13+/m0/s1. The van der Waals surface area contributed by atoms with E-state index in [1.165, 1.54) is 0 Å². The molecule has 4 rings (SSSR count). The Morgan fingerprint density at radius 1 is 1.40 bits per heavy atom. The van der Waals surface area contributed by atoms with Crippen molar-refractivity contribution in [3.8, 4) is 0 Å². The predicted octanol–water partition coefficient (Wildman–Crippen LogP) is 3.00. The average Bonchev–Trinajstić information content (AvgIpc) is 3.31. The highest BCUT2D eigenvalue weighted by atomic mass is 16.5. The number of ether oxygens (including phenoxy) is 1. The van der Waals surface area contributed by atoms with Crippen molar-refractivity contribution in [3.63, 3.8) is 0 Å². The topological polar surface area (TPSA) is 85.2 Å². The molecule has 25 heavy (non-hydrogen) atoms. The minimum Gasteiger partial charge on any atom is -0.463 e. The van der Waals surface area contributed by atoms with E-state index in [9.17, 15) is 4.79 Å². The Labute approximate surface area is 145 Å². The third-order valence-electron chi connectivity index (χ3n) is 5.01. The molecule has 2 atom stereocenters. The van der Waals surface area contributed by atoms with Crippen LogP contribution in [0.3, 0.4) is 0 Å². The van der Waals surface area contributed by atoms with Crippen LogP contribution in [0.15, 0.2) is 30.1 Å². The fraction of sp³-hybridized carbons (Fsp3) is 0.444. The maximum atomic E-state index is 11.8. The van der Waals surface area contributed by atoms with E-state index in [0.29, 0.717) is 12.5 Å². The maximum absolute atomic E-state index is 11.8. The van der Waals surface area contributed by atoms with Gasteiger partial charge in [0.05, 0.1) is 18.3 Å². The van der Waals surface area contributed by atoms with Gasteiger partial charge in [-0.25, -0.2) is 9.78 Å². The highest BCUT2D eigenvalue weighted by Crippen LogP contribution is 2.44. The van der Waals surface area contributed by atoms with E-state index in [1.807, 2.05) is 19.2 Å². The minimum absolute atomic E-state index is 0.237. The molecule has 1 N–H and O–H groups in total. The van der Waals surface area contributed by atoms with Crippen LogP contribution < -0.4 is 0 Å². The summed E-state index contributed by atoms with van der Waals surface area (Å²) in [5, 5.41) is 8.77. The fourth-order valence-corrected chi connectivity index (χ4v) is 3.85. The smallest absolute Gasteiger partial charge is 0.330 e. The van der Waals surface area contributed by atoms with E-state index in [4.69, 9.17) is 4.74 Å². The lowest BCUT2D eigenvalue weighted by Crippen LogP contribution is -2.09. The van der Waals surface area contributed by atoms with Crippen molar-refractivity contribution in [2.45, 2.75) is 39.0 Å². The Balaban J connectivity index is 1.74. The van der Waals surface area contributed by atoms with Gasteiger partial charge in [-0.05, 0) is 31.7 Å². The molecule has 0 bridgehead atoms. The van der Waals surface area contributed by atoms with Crippen LogP contribution in [0.1, 0.15) is 44.9 Å². The zero-order valence-electron chi connectivity index (χ0n) is 14.4. The molecule has 7 heteroatoms. The Hall–Kier alpha value is -2.70. The number of aromatic nitrogens is 5. The monoisotopic (exact) mass is 339 g/mol. The molecule has 0 spiro atoms. The summed E-state index contributed by atoms with van der Waals surface area (Å²) in [6, 6.07) is 1.99. The van der Waals surface area contributed by atoms with E-state index >= 15 is 0 Å². The zero-order valence-corrected chi connectivity index (χ0v) is 14.4. The van der Waals surface area contributed by atoms with E-state index in [1.54, 1.807) is 12.3 Å². The summed E-state index contributed by atoms with van der Waals surface area (Å²) in [4.78, 5) is 19.3. The summed E-state index contributed by atoms with van der Waals surface area (Å²) in [6.07, 6.45) is 8.01. The van der Waals surface area contributed by atoms with Crippen LogP contribution in [0.5, 0.6) is 0 Å². The normalized spacial score (nSPS) is 22.2. The molecule has 0 saturated heterocycles. The van der Waals surface area contributed by atoms with Gasteiger partial charge in [0.25, 0.3) is 0 Å². The lowest BCUT2D eigenvalue weighted by molar-refractivity contribution is -0.137. The minimum atomic E-state index is -0.253. The van der Waals surface area contributed by atoms with Crippen molar-refractivity contribution < 1.29 is 9.53 Å². The quantitative estimate of drug-likeness (QED) is 0.583. The molecule has 0 aromatic carbocycles. The van der Waals surface area contributed by atoms with E-state index in [-0.39, 0.29) is 11.9 Å². The lowest BCUT2D eigenvalue weighted by atomic mass is 9.93. The number of hydrogen-bond acceptors (Lipinski definition) is 5. The number of esters is 1. The summed E-state index contributed by atoms with van der Waals surface area (Å²) in [6.45, 7) is 4.40. The third-order valence-corrected chi connectivity index (χ3v) is 5.01. The van der Waals surface area contributed by atoms with E-state index in [0.717, 1.165) is 47.5 Å². The summed E-state index contributed by atoms with van der Waals surface area (Å²) >= 11 is 0. The summed E-state index contributed by atoms with van der Waals surface area (Å²) < 4.78 is 7.14. The first kappa shape index (κ1) is 15.8. The van der Waals surface area contributed by atoms with Gasteiger partial charge >= 0.3 is 5.97 Å². The maximum Gasteiger partial charge on any atom is 0.330 e. The molecule has 1 fully saturated rings. The molecule has 0 unspecified atom stereocenters. The van der Waals surface area contributed by atoms with E-state index < -0.39 is 0 Å². The summed E-state index contributed by atoms with van der Waals surface area (Å²) in [7, 11) is 0. The van der Waals surface area contributed by atoms with Gasteiger partial charge < -0.3 is 9.72 Å². The van der Waals surface area contributed by atoms with Crippen LogP contribution >= 0.6 is 0 Å². The molecule has 7 nitrogen and oxygen atoms in total. The molecular formula is C18H21N5O2. The number of nitrogens with one attached hydrogen (secondary N) is 1. The molecule has 0 radical (unpaired) electrons. The average molecular weight is 339 g/mol. The predicted molar refractivity (Wildman–Crippen MR) is 93.1 cm³/mol. The number of hydrogen-bond donors (Lipinski definition) is 1. The largest absolute Gasteiger partial charge is 0.463 e. The number of carbonyl (C=O) groups excluding carboxylic acids is 1. The number of fused-ring (bicyclic) bond motifs is 3. The highest BCUT2D eigenvalue weighted by molar-refractivity contribution is 5.83. The third kappa shape index (κ3) is 2.69. The number of allylic oxidation sites excluding steroid dienone is 1. The molecule has 0 aliphatic heterocycles. The summed E-state index contributed by atoms with van der Waals surface area (Å²) in [5.41, 5.74) is 3.68.